The molecule has 104 valence electrons. The molecule has 6 heteroatoms. The highest BCUT2D eigenvalue weighted by molar-refractivity contribution is 7.10. The molecule has 3 N–H and O–H groups in total. The van der Waals surface area contributed by atoms with Crippen LogP contribution in [0.2, 0.25) is 0 Å². The smallest absolute Gasteiger partial charge is 0.315 e. The number of nitrogens with zero attached hydrogens (tertiary/aromatic N) is 1. The Kier molecular flexibility index (Phi) is 4.42. The lowest BCUT2D eigenvalue weighted by Gasteiger charge is -2.21. The minimum Gasteiger partial charge on any atom is -0.354 e. The lowest BCUT2D eigenvalue weighted by atomic mass is 10.2. The highest BCUT2D eigenvalue weighted by atomic mass is 32.1. The summed E-state index contributed by atoms with van der Waals surface area (Å²) in [4.78, 5) is 25.9. The average Bonchev–Trinajstić information content (AvgIpc) is 2.98. The Balaban J connectivity index is 1.81. The fraction of sp³-hybridized carbons (Fsp3) is 0.538. The van der Waals surface area contributed by atoms with E-state index in [1.165, 1.54) is 15.3 Å². The van der Waals surface area contributed by atoms with Crippen molar-refractivity contribution in [3.8, 4) is 0 Å². The molecule has 0 aromatic carbocycles. The first kappa shape index (κ1) is 13.9. The molecule has 19 heavy (non-hydrogen) atoms. The quantitative estimate of drug-likeness (QED) is 0.871. The van der Waals surface area contributed by atoms with Gasteiger partial charge in [0.1, 0.15) is 6.04 Å². The maximum absolute atomic E-state index is 12.0. The van der Waals surface area contributed by atoms with Crippen molar-refractivity contribution in [3.05, 3.63) is 21.9 Å². The number of carbonyl (C=O) groups excluding carboxylic acids is 2. The molecule has 5 nitrogen and oxygen atoms in total. The number of primary amides is 1. The summed E-state index contributed by atoms with van der Waals surface area (Å²) in [6.07, 6.45) is 2.37. The van der Waals surface area contributed by atoms with Gasteiger partial charge in [-0.15, -0.1) is 11.3 Å². The molecule has 0 radical (unpaired) electrons. The van der Waals surface area contributed by atoms with E-state index in [1.807, 2.05) is 0 Å². The predicted octanol–water partition coefficient (Wildman–Crippen LogP) is 1.26. The van der Waals surface area contributed by atoms with Crippen molar-refractivity contribution < 1.29 is 9.59 Å². The lowest BCUT2D eigenvalue weighted by molar-refractivity contribution is -0.124. The van der Waals surface area contributed by atoms with E-state index < -0.39 is 6.03 Å². The third-order valence-electron chi connectivity index (χ3n) is 3.46. The minimum absolute atomic E-state index is 0.0921. The normalized spacial score (nSPS) is 18.6. The molecule has 1 aromatic heterocycles. The number of likely N-dealkylation sites (tertiary alicyclic amines) is 1. The van der Waals surface area contributed by atoms with Crippen molar-refractivity contribution in [2.75, 3.05) is 13.1 Å². The van der Waals surface area contributed by atoms with Crippen molar-refractivity contribution in [2.24, 2.45) is 5.73 Å². The summed E-state index contributed by atoms with van der Waals surface area (Å²) in [5, 5.41) is 4.95. The van der Waals surface area contributed by atoms with E-state index in [0.717, 1.165) is 12.8 Å². The molecule has 0 spiro atoms. The Labute approximate surface area is 116 Å². The van der Waals surface area contributed by atoms with Crippen LogP contribution in [-0.2, 0) is 11.2 Å². The number of carbonyl (C=O) groups is 2. The van der Waals surface area contributed by atoms with Crippen molar-refractivity contribution >= 4 is 23.3 Å². The Bertz CT molecular complexity index is 472. The number of hydrogen-bond acceptors (Lipinski definition) is 3. The fourth-order valence-electron chi connectivity index (χ4n) is 2.38. The van der Waals surface area contributed by atoms with Crippen LogP contribution in [0.5, 0.6) is 0 Å². The van der Waals surface area contributed by atoms with Crippen LogP contribution in [0, 0.1) is 6.92 Å². The van der Waals surface area contributed by atoms with Gasteiger partial charge in [-0.1, -0.05) is 0 Å². The molecule has 0 aliphatic carbocycles. The van der Waals surface area contributed by atoms with E-state index >= 15 is 0 Å². The third-order valence-corrected chi connectivity index (χ3v) is 4.54. The van der Waals surface area contributed by atoms with Crippen LogP contribution in [0.25, 0.3) is 0 Å². The predicted molar refractivity (Wildman–Crippen MR) is 75.1 cm³/mol. The lowest BCUT2D eigenvalue weighted by Crippen LogP contribution is -2.48. The zero-order chi connectivity index (χ0) is 13.8. The second kappa shape index (κ2) is 6.06. The largest absolute Gasteiger partial charge is 0.354 e. The number of hydrogen-bond donors (Lipinski definition) is 2. The van der Waals surface area contributed by atoms with Gasteiger partial charge in [0.05, 0.1) is 0 Å². The van der Waals surface area contributed by atoms with Crippen molar-refractivity contribution in [3.63, 3.8) is 0 Å². The van der Waals surface area contributed by atoms with Gasteiger partial charge < -0.3 is 16.0 Å². The number of thiophene rings is 1. The molecule has 1 atom stereocenters. The van der Waals surface area contributed by atoms with Crippen LogP contribution in [0.4, 0.5) is 4.79 Å². The van der Waals surface area contributed by atoms with Crippen molar-refractivity contribution in [2.45, 2.75) is 32.2 Å². The van der Waals surface area contributed by atoms with Crippen LogP contribution < -0.4 is 11.1 Å². The maximum Gasteiger partial charge on any atom is 0.315 e. The molecule has 0 unspecified atom stereocenters. The minimum atomic E-state index is -0.508. The summed E-state index contributed by atoms with van der Waals surface area (Å²) in [5.74, 6) is -0.0921. The second-order valence-electron chi connectivity index (χ2n) is 4.76. The first-order valence-electron chi connectivity index (χ1n) is 6.46. The van der Waals surface area contributed by atoms with E-state index in [9.17, 15) is 9.59 Å². The van der Waals surface area contributed by atoms with Crippen LogP contribution in [0.15, 0.2) is 11.4 Å². The van der Waals surface area contributed by atoms with E-state index in [4.69, 9.17) is 5.73 Å². The van der Waals surface area contributed by atoms with Gasteiger partial charge in [-0.3, -0.25) is 4.79 Å². The SMILES string of the molecule is Cc1ccsc1CCNC(=O)[C@@H]1CCCN1C(N)=O. The number of urea groups is 1. The van der Waals surface area contributed by atoms with Gasteiger partial charge in [0.15, 0.2) is 0 Å². The maximum atomic E-state index is 12.0. The molecule has 1 fully saturated rings. The molecule has 3 amide bonds. The molecule has 1 saturated heterocycles. The van der Waals surface area contributed by atoms with Crippen molar-refractivity contribution in [1.82, 2.24) is 10.2 Å². The van der Waals surface area contributed by atoms with Gasteiger partial charge >= 0.3 is 6.03 Å². The summed E-state index contributed by atoms with van der Waals surface area (Å²) < 4.78 is 0. The first-order chi connectivity index (χ1) is 9.09. The summed E-state index contributed by atoms with van der Waals surface area (Å²) in [6, 6.07) is 1.18. The highest BCUT2D eigenvalue weighted by Gasteiger charge is 2.32. The summed E-state index contributed by atoms with van der Waals surface area (Å²) in [5.41, 5.74) is 6.52. The topological polar surface area (TPSA) is 75.4 Å². The first-order valence-corrected chi connectivity index (χ1v) is 7.34. The standard InChI is InChI=1S/C13H19N3O2S/c1-9-5-8-19-11(9)4-6-15-12(17)10-3-2-7-16(10)13(14)18/h5,8,10H,2-4,6-7H2,1H3,(H2,14,18)(H,15,17)/t10-/m0/s1. The molecular weight excluding hydrogens is 262 g/mol. The molecular formula is C13H19N3O2S. The molecule has 2 rings (SSSR count). The number of rotatable bonds is 4. The third kappa shape index (κ3) is 3.26. The number of aryl methyl sites for hydroxylation is 1. The Morgan fingerprint density at radius 1 is 1.58 bits per heavy atom. The van der Waals surface area contributed by atoms with E-state index in [-0.39, 0.29) is 11.9 Å². The Morgan fingerprint density at radius 2 is 2.37 bits per heavy atom. The number of nitrogens with two attached hydrogens (primary N) is 1. The van der Waals surface area contributed by atoms with Crippen LogP contribution >= 0.6 is 11.3 Å². The molecule has 2 heterocycles. The monoisotopic (exact) mass is 281 g/mol. The van der Waals surface area contributed by atoms with Crippen LogP contribution in [-0.4, -0.2) is 36.0 Å². The molecule has 0 bridgehead atoms. The van der Waals surface area contributed by atoms with Gasteiger partial charge in [0, 0.05) is 18.0 Å². The molecule has 0 saturated carbocycles. The van der Waals surface area contributed by atoms with Crippen LogP contribution in [0.3, 0.4) is 0 Å². The van der Waals surface area contributed by atoms with E-state index in [0.29, 0.717) is 19.5 Å². The van der Waals surface area contributed by atoms with E-state index in [2.05, 4.69) is 23.7 Å². The summed E-state index contributed by atoms with van der Waals surface area (Å²) in [6.45, 7) is 3.25. The Hall–Kier alpha value is -1.56. The molecule has 1 aliphatic rings. The van der Waals surface area contributed by atoms with Gasteiger partial charge in [-0.25, -0.2) is 4.79 Å². The second-order valence-corrected chi connectivity index (χ2v) is 5.76. The Morgan fingerprint density at radius 3 is 3.00 bits per heavy atom. The van der Waals surface area contributed by atoms with Crippen molar-refractivity contribution in [1.29, 1.82) is 0 Å². The van der Waals surface area contributed by atoms with Gasteiger partial charge in [0.25, 0.3) is 0 Å². The number of amides is 3. The van der Waals surface area contributed by atoms with Gasteiger partial charge in [-0.2, -0.15) is 0 Å². The van der Waals surface area contributed by atoms with E-state index in [1.54, 1.807) is 11.3 Å². The fourth-order valence-corrected chi connectivity index (χ4v) is 3.29. The zero-order valence-corrected chi connectivity index (χ0v) is 11.8. The van der Waals surface area contributed by atoms with Gasteiger partial charge in [-0.05, 0) is 43.2 Å². The zero-order valence-electron chi connectivity index (χ0n) is 11.0. The van der Waals surface area contributed by atoms with Gasteiger partial charge in [0.2, 0.25) is 5.91 Å². The molecule has 1 aromatic rings. The summed E-state index contributed by atoms with van der Waals surface area (Å²) in [7, 11) is 0. The highest BCUT2D eigenvalue weighted by Crippen LogP contribution is 2.17. The average molecular weight is 281 g/mol. The molecule has 1 aliphatic heterocycles. The number of nitrogens with one attached hydrogen (secondary N) is 1. The summed E-state index contributed by atoms with van der Waals surface area (Å²) >= 11 is 1.70. The van der Waals surface area contributed by atoms with Crippen LogP contribution in [0.1, 0.15) is 23.3 Å².